The monoisotopic (exact) mass is 342 g/mol. The fourth-order valence-electron chi connectivity index (χ4n) is 3.74. The van der Waals surface area contributed by atoms with Crippen molar-refractivity contribution in [3.8, 4) is 5.75 Å². The van der Waals surface area contributed by atoms with E-state index < -0.39 is 0 Å². The summed E-state index contributed by atoms with van der Waals surface area (Å²) in [6.45, 7) is 1.75. The van der Waals surface area contributed by atoms with E-state index in [1.807, 2.05) is 6.07 Å². The summed E-state index contributed by atoms with van der Waals surface area (Å²) in [5, 5.41) is 5.81. The lowest BCUT2D eigenvalue weighted by Crippen LogP contribution is -2.38. The van der Waals surface area contributed by atoms with Crippen LogP contribution in [0.15, 0.2) is 29.8 Å². The molecule has 0 aliphatic heterocycles. The Morgan fingerprint density at radius 2 is 1.84 bits per heavy atom. The van der Waals surface area contributed by atoms with Crippen LogP contribution in [0.25, 0.3) is 0 Å². The molecule has 0 spiro atoms. The number of amides is 2. The molecular weight excluding hydrogens is 312 g/mol. The maximum absolute atomic E-state index is 11.8. The molecule has 4 heteroatoms. The number of carbonyl (C=O) groups excluding carboxylic acids is 1. The molecular formula is C21H30N2O2. The van der Waals surface area contributed by atoms with Crippen molar-refractivity contribution in [2.75, 3.05) is 19.7 Å². The van der Waals surface area contributed by atoms with Crippen LogP contribution in [-0.2, 0) is 12.8 Å². The molecule has 0 aromatic heterocycles. The number of carbonyl (C=O) groups is 1. The fraction of sp³-hybridized carbons (Fsp3) is 0.571. The number of aryl methyl sites for hydroxylation is 1. The molecule has 0 atom stereocenters. The number of rotatable bonds is 7. The molecule has 4 nitrogen and oxygen atoms in total. The Morgan fingerprint density at radius 3 is 2.72 bits per heavy atom. The average Bonchev–Trinajstić information content (AvgIpc) is 2.66. The van der Waals surface area contributed by atoms with Gasteiger partial charge in [-0.15, -0.1) is 0 Å². The molecule has 1 aromatic rings. The highest BCUT2D eigenvalue weighted by Crippen LogP contribution is 2.29. The molecule has 0 saturated carbocycles. The number of nitrogens with one attached hydrogen (secondary N) is 2. The Kier molecular flexibility index (Phi) is 6.78. The summed E-state index contributed by atoms with van der Waals surface area (Å²) in [6.07, 6.45) is 13.1. The van der Waals surface area contributed by atoms with E-state index in [1.54, 1.807) is 0 Å². The van der Waals surface area contributed by atoms with Gasteiger partial charge in [0.25, 0.3) is 0 Å². The van der Waals surface area contributed by atoms with E-state index in [0.29, 0.717) is 19.7 Å². The molecule has 0 fully saturated rings. The van der Waals surface area contributed by atoms with Gasteiger partial charge in [-0.1, -0.05) is 23.8 Å². The standard InChI is InChI=1S/C21H30N2O2/c24-21(22-14-13-17-7-2-1-3-8-17)23-15-16-25-20-12-6-10-18-9-4-5-11-19(18)20/h6-7,10,12H,1-5,8-9,11,13-16H2,(H2,22,23,24). The molecule has 1 aromatic carbocycles. The van der Waals surface area contributed by atoms with Gasteiger partial charge in [0.05, 0.1) is 6.54 Å². The average molecular weight is 342 g/mol. The number of allylic oxidation sites excluding steroid dienone is 1. The molecule has 2 aliphatic carbocycles. The first-order valence-electron chi connectivity index (χ1n) is 9.76. The van der Waals surface area contributed by atoms with Gasteiger partial charge in [0, 0.05) is 6.54 Å². The molecule has 0 heterocycles. The summed E-state index contributed by atoms with van der Waals surface area (Å²) in [6, 6.07) is 6.21. The molecule has 0 unspecified atom stereocenters. The van der Waals surface area contributed by atoms with Crippen LogP contribution in [0.4, 0.5) is 4.79 Å². The van der Waals surface area contributed by atoms with Crippen LogP contribution in [0.5, 0.6) is 5.75 Å². The van der Waals surface area contributed by atoms with Gasteiger partial charge >= 0.3 is 6.03 Å². The summed E-state index contributed by atoms with van der Waals surface area (Å²) < 4.78 is 5.90. The van der Waals surface area contributed by atoms with E-state index >= 15 is 0 Å². The molecule has 2 N–H and O–H groups in total. The number of urea groups is 1. The SMILES string of the molecule is O=C(NCCOc1cccc2c1CCCC2)NCCC1=CCCCC1. The van der Waals surface area contributed by atoms with Gasteiger partial charge in [0.1, 0.15) is 12.4 Å². The Labute approximate surface area is 151 Å². The van der Waals surface area contributed by atoms with Gasteiger partial charge in [0.15, 0.2) is 0 Å². The lowest BCUT2D eigenvalue weighted by molar-refractivity contribution is 0.236. The zero-order chi connectivity index (χ0) is 17.3. The summed E-state index contributed by atoms with van der Waals surface area (Å²) in [5.41, 5.74) is 4.27. The highest BCUT2D eigenvalue weighted by molar-refractivity contribution is 5.73. The van der Waals surface area contributed by atoms with Crippen LogP contribution >= 0.6 is 0 Å². The highest BCUT2D eigenvalue weighted by atomic mass is 16.5. The summed E-state index contributed by atoms with van der Waals surface area (Å²) in [4.78, 5) is 11.8. The summed E-state index contributed by atoms with van der Waals surface area (Å²) in [7, 11) is 0. The van der Waals surface area contributed by atoms with Gasteiger partial charge in [-0.2, -0.15) is 0 Å². The first kappa shape index (κ1) is 17.8. The molecule has 0 bridgehead atoms. The third-order valence-electron chi connectivity index (χ3n) is 5.11. The predicted octanol–water partition coefficient (Wildman–Crippen LogP) is 4.13. The second kappa shape index (κ2) is 9.50. The zero-order valence-corrected chi connectivity index (χ0v) is 15.1. The van der Waals surface area contributed by atoms with E-state index in [4.69, 9.17) is 4.74 Å². The summed E-state index contributed by atoms with van der Waals surface area (Å²) in [5.74, 6) is 0.989. The van der Waals surface area contributed by atoms with E-state index in [9.17, 15) is 4.79 Å². The van der Waals surface area contributed by atoms with Crippen molar-refractivity contribution in [1.29, 1.82) is 0 Å². The summed E-state index contributed by atoms with van der Waals surface area (Å²) >= 11 is 0. The van der Waals surface area contributed by atoms with Crippen LogP contribution in [0.1, 0.15) is 56.1 Å². The molecule has 2 aliphatic rings. The van der Waals surface area contributed by atoms with Crippen molar-refractivity contribution in [3.63, 3.8) is 0 Å². The minimum Gasteiger partial charge on any atom is -0.491 e. The largest absolute Gasteiger partial charge is 0.491 e. The van der Waals surface area contributed by atoms with Gasteiger partial charge in [-0.25, -0.2) is 4.79 Å². The molecule has 2 amide bonds. The molecule has 0 radical (unpaired) electrons. The van der Waals surface area contributed by atoms with Gasteiger partial charge in [-0.3, -0.25) is 0 Å². The molecule has 0 saturated heterocycles. The van der Waals surface area contributed by atoms with Crippen molar-refractivity contribution >= 4 is 6.03 Å². The third kappa shape index (κ3) is 5.52. The lowest BCUT2D eigenvalue weighted by atomic mass is 9.91. The van der Waals surface area contributed by atoms with Crippen LogP contribution in [0, 0.1) is 0 Å². The Bertz CT molecular complexity index is 610. The number of ether oxygens (including phenoxy) is 1. The first-order valence-corrected chi connectivity index (χ1v) is 9.76. The zero-order valence-electron chi connectivity index (χ0n) is 15.1. The third-order valence-corrected chi connectivity index (χ3v) is 5.11. The van der Waals surface area contributed by atoms with Crippen molar-refractivity contribution in [1.82, 2.24) is 10.6 Å². The lowest BCUT2D eigenvalue weighted by Gasteiger charge is -2.19. The second-order valence-corrected chi connectivity index (χ2v) is 6.99. The second-order valence-electron chi connectivity index (χ2n) is 6.99. The molecule has 136 valence electrons. The van der Waals surface area contributed by atoms with Crippen LogP contribution in [0.3, 0.4) is 0 Å². The van der Waals surface area contributed by atoms with Crippen molar-refractivity contribution in [2.45, 2.75) is 57.8 Å². The van der Waals surface area contributed by atoms with Crippen molar-refractivity contribution in [2.24, 2.45) is 0 Å². The van der Waals surface area contributed by atoms with Crippen LogP contribution < -0.4 is 15.4 Å². The van der Waals surface area contributed by atoms with E-state index in [2.05, 4.69) is 28.8 Å². The maximum Gasteiger partial charge on any atom is 0.314 e. The van der Waals surface area contributed by atoms with Gasteiger partial charge < -0.3 is 15.4 Å². The topological polar surface area (TPSA) is 50.4 Å². The molecule has 3 rings (SSSR count). The number of fused-ring (bicyclic) bond motifs is 1. The van der Waals surface area contributed by atoms with Crippen molar-refractivity contribution < 1.29 is 9.53 Å². The van der Waals surface area contributed by atoms with Gasteiger partial charge in [0.2, 0.25) is 0 Å². The van der Waals surface area contributed by atoms with Crippen LogP contribution in [-0.4, -0.2) is 25.7 Å². The minimum absolute atomic E-state index is 0.102. The Balaban J connectivity index is 1.32. The Morgan fingerprint density at radius 1 is 1.00 bits per heavy atom. The van der Waals surface area contributed by atoms with E-state index in [1.165, 1.54) is 55.2 Å². The quantitative estimate of drug-likeness (QED) is 0.578. The predicted molar refractivity (Wildman–Crippen MR) is 101 cm³/mol. The number of hydrogen-bond donors (Lipinski definition) is 2. The smallest absolute Gasteiger partial charge is 0.314 e. The first-order chi connectivity index (χ1) is 12.3. The van der Waals surface area contributed by atoms with E-state index in [-0.39, 0.29) is 6.03 Å². The minimum atomic E-state index is -0.102. The number of hydrogen-bond acceptors (Lipinski definition) is 2. The number of benzene rings is 1. The van der Waals surface area contributed by atoms with Crippen molar-refractivity contribution in [3.05, 3.63) is 41.0 Å². The normalized spacial score (nSPS) is 16.6. The fourth-order valence-corrected chi connectivity index (χ4v) is 3.74. The maximum atomic E-state index is 11.8. The van der Waals surface area contributed by atoms with Gasteiger partial charge in [-0.05, 0) is 75.0 Å². The Hall–Kier alpha value is -1.97. The molecule has 25 heavy (non-hydrogen) atoms. The van der Waals surface area contributed by atoms with E-state index in [0.717, 1.165) is 25.0 Å². The highest BCUT2D eigenvalue weighted by Gasteiger charge is 2.13. The van der Waals surface area contributed by atoms with Crippen LogP contribution in [0.2, 0.25) is 0 Å².